The largest absolute Gasteiger partial charge is 0.361 e. The van der Waals surface area contributed by atoms with Crippen LogP contribution in [-0.4, -0.2) is 68.9 Å². The summed E-state index contributed by atoms with van der Waals surface area (Å²) in [5.41, 5.74) is 10.9. The second kappa shape index (κ2) is 14.1. The average molecular weight is 698 g/mol. The van der Waals surface area contributed by atoms with Crippen molar-refractivity contribution in [2.45, 2.75) is 76.6 Å². The van der Waals surface area contributed by atoms with Gasteiger partial charge in [-0.05, 0) is 71.9 Å². The zero-order valence-electron chi connectivity index (χ0n) is 27.3. The molecular weight excluding hydrogens is 648 g/mol. The van der Waals surface area contributed by atoms with E-state index in [2.05, 4.69) is 72.2 Å². The minimum Gasteiger partial charge on any atom is -0.361 e. The number of aromatic nitrogens is 4. The van der Waals surface area contributed by atoms with E-state index in [-0.39, 0.29) is 0 Å². The molecule has 1 aliphatic carbocycles. The molecule has 0 amide bonds. The van der Waals surface area contributed by atoms with E-state index >= 15 is 0 Å². The molecule has 1 fully saturated rings. The Morgan fingerprint density at radius 2 is 1.66 bits per heavy atom. The molecule has 3 heterocycles. The Kier molecular flexibility index (Phi) is 10.6. The summed E-state index contributed by atoms with van der Waals surface area (Å²) in [5.74, 6) is 1.76. The van der Waals surface area contributed by atoms with E-state index in [1.807, 2.05) is 35.1 Å². The highest BCUT2D eigenvalue weighted by Crippen LogP contribution is 2.43. The predicted octanol–water partition coefficient (Wildman–Crippen LogP) is 7.98. The lowest BCUT2D eigenvalue weighted by molar-refractivity contribution is 0.0941. The molecule has 2 unspecified atom stereocenters. The summed E-state index contributed by atoms with van der Waals surface area (Å²) in [7, 11) is -2.46. The quantitative estimate of drug-likeness (QED) is 0.0812. The molecule has 1 aliphatic rings. The van der Waals surface area contributed by atoms with Gasteiger partial charge in [-0.15, -0.1) is 0 Å². The number of hydrogen-bond donors (Lipinski definition) is 1. The highest BCUT2D eigenvalue weighted by molar-refractivity contribution is 9.10. The van der Waals surface area contributed by atoms with Gasteiger partial charge in [0.1, 0.15) is 13.5 Å². The molecule has 0 radical (unpaired) electrons. The summed E-state index contributed by atoms with van der Waals surface area (Å²) in [6, 6.07) is 12.6. The van der Waals surface area contributed by atoms with Crippen molar-refractivity contribution in [3.63, 3.8) is 0 Å². The van der Waals surface area contributed by atoms with Crippen molar-refractivity contribution in [3.8, 4) is 11.1 Å². The van der Waals surface area contributed by atoms with Gasteiger partial charge >= 0.3 is 0 Å². The van der Waals surface area contributed by atoms with Crippen LogP contribution in [0.2, 0.25) is 51.4 Å². The van der Waals surface area contributed by atoms with E-state index < -0.39 is 16.1 Å². The summed E-state index contributed by atoms with van der Waals surface area (Å²) in [5, 5.41) is 6.02. The van der Waals surface area contributed by atoms with Crippen LogP contribution in [0, 0.1) is 5.92 Å². The van der Waals surface area contributed by atoms with Crippen molar-refractivity contribution in [3.05, 3.63) is 52.9 Å². The van der Waals surface area contributed by atoms with Crippen molar-refractivity contribution in [1.29, 1.82) is 0 Å². The van der Waals surface area contributed by atoms with Crippen LogP contribution in [0.3, 0.4) is 0 Å². The van der Waals surface area contributed by atoms with Crippen molar-refractivity contribution < 1.29 is 9.47 Å². The lowest BCUT2D eigenvalue weighted by Crippen LogP contribution is -2.34. The molecule has 11 heteroatoms. The first-order chi connectivity index (χ1) is 20.9. The minimum atomic E-state index is -1.23. The van der Waals surface area contributed by atoms with Crippen molar-refractivity contribution in [2.24, 2.45) is 11.7 Å². The number of pyridine rings is 1. The van der Waals surface area contributed by atoms with Crippen LogP contribution in [0.5, 0.6) is 0 Å². The first-order valence-corrected chi connectivity index (χ1v) is 24.2. The van der Waals surface area contributed by atoms with Crippen LogP contribution in [0.25, 0.3) is 27.7 Å². The van der Waals surface area contributed by atoms with E-state index in [1.165, 1.54) is 0 Å². The van der Waals surface area contributed by atoms with Gasteiger partial charge in [0.05, 0.1) is 21.9 Å². The summed E-state index contributed by atoms with van der Waals surface area (Å²) in [6.45, 7) is 17.3. The van der Waals surface area contributed by atoms with Crippen LogP contribution in [0.4, 0.5) is 5.82 Å². The fourth-order valence-corrected chi connectivity index (χ4v) is 8.09. The molecule has 2 atom stereocenters. The number of benzene rings is 1. The fourth-order valence-electron chi connectivity index (χ4n) is 5.74. The molecule has 0 spiro atoms. The maximum Gasteiger partial charge on any atom is 0.165 e. The maximum absolute atomic E-state index is 6.35. The number of hydrogen-bond acceptors (Lipinski definition) is 7. The number of nitrogens with zero attached hydrogens (tertiary/aromatic N) is 5. The van der Waals surface area contributed by atoms with Crippen LogP contribution in [0.15, 0.2) is 47.2 Å². The number of halogens is 1. The lowest BCUT2D eigenvalue weighted by Gasteiger charge is -2.28. The Morgan fingerprint density at radius 1 is 0.977 bits per heavy atom. The number of para-hydroxylation sites is 1. The second-order valence-corrected chi connectivity index (χ2v) is 26.7. The molecular formula is C33H49BrN6O2Si2. The van der Waals surface area contributed by atoms with Gasteiger partial charge in [0.15, 0.2) is 11.5 Å². The standard InChI is InChI=1S/C33H49BrN6O2Si2/c1-43(2,3)15-13-41-22-39(23-42-14-16-44(4,5)6)33-30(34)31(26-12-11-24(17-26)19-35)38-32-28(21-37-40(32)33)27-18-25-9-7-8-10-29(25)36-20-27/h7-10,18,20-21,24,26H,11-17,19,22-23,35H2,1-6H3. The fraction of sp³-hybridized carbons (Fsp3) is 0.545. The summed E-state index contributed by atoms with van der Waals surface area (Å²) >= 11 is 4.03. The zero-order valence-corrected chi connectivity index (χ0v) is 30.9. The lowest BCUT2D eigenvalue weighted by atomic mass is 10.0. The molecule has 4 aromatic rings. The van der Waals surface area contributed by atoms with E-state index in [0.717, 1.165) is 88.2 Å². The molecule has 0 bridgehead atoms. The first-order valence-electron chi connectivity index (χ1n) is 16.0. The van der Waals surface area contributed by atoms with Crippen LogP contribution >= 0.6 is 15.9 Å². The van der Waals surface area contributed by atoms with Crippen LogP contribution < -0.4 is 10.6 Å². The monoisotopic (exact) mass is 696 g/mol. The Morgan fingerprint density at radius 3 is 2.30 bits per heavy atom. The molecule has 238 valence electrons. The molecule has 1 saturated carbocycles. The molecule has 5 rings (SSSR count). The van der Waals surface area contributed by atoms with Gasteiger partial charge in [0.2, 0.25) is 0 Å². The first kappa shape index (κ1) is 33.2. The SMILES string of the molecule is C[Si](C)(C)CCOCN(COCC[Si](C)(C)C)c1c(Br)c(C2CCC(CN)C2)nc2c(-c3cnc4ccccc4c3)cnn12. The van der Waals surface area contributed by atoms with E-state index in [0.29, 0.717) is 31.8 Å². The van der Waals surface area contributed by atoms with Gasteiger partial charge in [-0.1, -0.05) is 57.5 Å². The van der Waals surface area contributed by atoms with Crippen LogP contribution in [0.1, 0.15) is 30.9 Å². The molecule has 2 N–H and O–H groups in total. The van der Waals surface area contributed by atoms with Gasteiger partial charge in [0.25, 0.3) is 0 Å². The summed E-state index contributed by atoms with van der Waals surface area (Å²) < 4.78 is 15.6. The van der Waals surface area contributed by atoms with E-state index in [9.17, 15) is 0 Å². The molecule has 44 heavy (non-hydrogen) atoms. The van der Waals surface area contributed by atoms with Gasteiger partial charge in [0, 0.05) is 58.0 Å². The number of fused-ring (bicyclic) bond motifs is 2. The summed E-state index contributed by atoms with van der Waals surface area (Å²) in [4.78, 5) is 12.3. The topological polar surface area (TPSA) is 90.8 Å². The molecule has 0 saturated heterocycles. The second-order valence-electron chi connectivity index (χ2n) is 14.7. The van der Waals surface area contributed by atoms with Crippen molar-refractivity contribution in [2.75, 3.05) is 38.1 Å². The Balaban J connectivity index is 1.57. The Bertz CT molecular complexity index is 1550. The molecule has 1 aromatic carbocycles. The normalized spacial score (nSPS) is 17.6. The van der Waals surface area contributed by atoms with Crippen molar-refractivity contribution in [1.82, 2.24) is 19.6 Å². The number of rotatable bonds is 14. The van der Waals surface area contributed by atoms with E-state index in [4.69, 9.17) is 30.3 Å². The average Bonchev–Trinajstić information content (AvgIpc) is 3.62. The third-order valence-electron chi connectivity index (χ3n) is 8.54. The molecule has 0 aliphatic heterocycles. The maximum atomic E-state index is 6.35. The minimum absolute atomic E-state index is 0.321. The summed E-state index contributed by atoms with van der Waals surface area (Å²) in [6.07, 6.45) is 7.09. The van der Waals surface area contributed by atoms with Crippen molar-refractivity contribution >= 4 is 54.4 Å². The third-order valence-corrected chi connectivity index (χ3v) is 12.7. The predicted molar refractivity (Wildman–Crippen MR) is 191 cm³/mol. The molecule has 3 aromatic heterocycles. The van der Waals surface area contributed by atoms with Gasteiger partial charge in [-0.3, -0.25) is 4.98 Å². The number of anilines is 1. The van der Waals surface area contributed by atoms with E-state index in [1.54, 1.807) is 0 Å². The number of ether oxygens (including phenoxy) is 2. The third kappa shape index (κ3) is 8.16. The highest BCUT2D eigenvalue weighted by Gasteiger charge is 2.31. The zero-order chi connectivity index (χ0) is 31.5. The highest BCUT2D eigenvalue weighted by atomic mass is 79.9. The number of nitrogens with two attached hydrogens (primary N) is 1. The van der Waals surface area contributed by atoms with Gasteiger partial charge < -0.3 is 20.1 Å². The van der Waals surface area contributed by atoms with Gasteiger partial charge in [-0.2, -0.15) is 9.61 Å². The van der Waals surface area contributed by atoms with Gasteiger partial charge in [-0.25, -0.2) is 4.98 Å². The smallest absolute Gasteiger partial charge is 0.165 e. The molecule has 8 nitrogen and oxygen atoms in total. The Labute approximate surface area is 272 Å². The Hall–Kier alpha value is -2.16. The van der Waals surface area contributed by atoms with Crippen LogP contribution in [-0.2, 0) is 9.47 Å².